The van der Waals surface area contributed by atoms with Crippen molar-refractivity contribution < 1.29 is 5.11 Å². The van der Waals surface area contributed by atoms with Gasteiger partial charge < -0.3 is 5.11 Å². The van der Waals surface area contributed by atoms with Gasteiger partial charge in [-0.2, -0.15) is 0 Å². The highest BCUT2D eigenvalue weighted by atomic mass is 127. The molecule has 0 aliphatic carbocycles. The second-order valence-electron chi connectivity index (χ2n) is 3.37. The van der Waals surface area contributed by atoms with Crippen LogP contribution in [0.3, 0.4) is 0 Å². The molecule has 0 radical (unpaired) electrons. The smallest absolute Gasteiger partial charge is 0.152 e. The molecule has 0 aromatic carbocycles. The van der Waals surface area contributed by atoms with Gasteiger partial charge in [0.05, 0.1) is 12.3 Å². The van der Waals surface area contributed by atoms with Crippen molar-refractivity contribution >= 4 is 45.3 Å². The van der Waals surface area contributed by atoms with Crippen molar-refractivity contribution in [1.29, 1.82) is 0 Å². The molecule has 2 heterocycles. The van der Waals surface area contributed by atoms with Crippen LogP contribution < -0.4 is 0 Å². The van der Waals surface area contributed by atoms with Gasteiger partial charge in [0.1, 0.15) is 0 Å². The highest BCUT2D eigenvalue weighted by Crippen LogP contribution is 2.31. The second kappa shape index (κ2) is 5.52. The Morgan fingerprint density at radius 3 is 2.88 bits per heavy atom. The van der Waals surface area contributed by atoms with Gasteiger partial charge >= 0.3 is 0 Å². The van der Waals surface area contributed by atoms with E-state index in [1.54, 1.807) is 28.9 Å². The number of hydrogen-bond acceptors (Lipinski definition) is 5. The van der Waals surface area contributed by atoms with Gasteiger partial charge in [-0.15, -0.1) is 22.7 Å². The lowest BCUT2D eigenvalue weighted by Crippen LogP contribution is -1.97. The number of halogens is 1. The zero-order valence-electron chi connectivity index (χ0n) is 8.68. The average molecular weight is 366 g/mol. The predicted octanol–water partition coefficient (Wildman–Crippen LogP) is 3.12. The number of nitrogens with zero attached hydrogens (tertiary/aromatic N) is 2. The Labute approximate surface area is 116 Å². The Morgan fingerprint density at radius 2 is 2.31 bits per heavy atom. The third-order valence-electron chi connectivity index (χ3n) is 2.01. The Balaban J connectivity index is 2.32. The number of thiazole rings is 2. The number of hydrogen-bond donors (Lipinski definition) is 1. The predicted molar refractivity (Wildman–Crippen MR) is 76.3 cm³/mol. The van der Waals surface area contributed by atoms with Gasteiger partial charge in [-0.1, -0.05) is 29.5 Å². The Kier molecular flexibility index (Phi) is 4.28. The fourth-order valence-corrected chi connectivity index (χ4v) is 3.96. The highest BCUT2D eigenvalue weighted by molar-refractivity contribution is 14.1. The summed E-state index contributed by atoms with van der Waals surface area (Å²) in [6, 6.07) is 0. The maximum Gasteiger partial charge on any atom is 0.152 e. The average Bonchev–Trinajstić information content (AvgIpc) is 2.83. The van der Waals surface area contributed by atoms with E-state index >= 15 is 0 Å². The summed E-state index contributed by atoms with van der Waals surface area (Å²) in [5.41, 5.74) is 0.804. The van der Waals surface area contributed by atoms with Crippen molar-refractivity contribution in [3.05, 3.63) is 22.1 Å². The van der Waals surface area contributed by atoms with Gasteiger partial charge in [0.15, 0.2) is 10.0 Å². The van der Waals surface area contributed by atoms with Gasteiger partial charge in [-0.25, -0.2) is 9.97 Å². The molecule has 1 atom stereocenters. The van der Waals surface area contributed by atoms with E-state index < -0.39 is 0 Å². The van der Waals surface area contributed by atoms with Crippen molar-refractivity contribution in [3.8, 4) is 10.0 Å². The maximum absolute atomic E-state index is 9.27. The zero-order chi connectivity index (χ0) is 11.5. The number of rotatable bonds is 4. The Morgan fingerprint density at radius 1 is 1.50 bits per heavy atom. The van der Waals surface area contributed by atoms with E-state index in [-0.39, 0.29) is 6.61 Å². The number of aliphatic hydroxyl groups is 1. The second-order valence-corrected chi connectivity index (χ2v) is 7.47. The van der Waals surface area contributed by atoms with Crippen LogP contribution in [0.25, 0.3) is 10.0 Å². The maximum atomic E-state index is 9.27. The lowest BCUT2D eigenvalue weighted by atomic mass is 10.2. The minimum Gasteiger partial charge on any atom is -0.390 e. The fraction of sp³-hybridized carbons (Fsp3) is 0.400. The zero-order valence-corrected chi connectivity index (χ0v) is 12.5. The molecule has 86 valence electrons. The summed E-state index contributed by atoms with van der Waals surface area (Å²) < 4.78 is 0.549. The third kappa shape index (κ3) is 2.79. The summed E-state index contributed by atoms with van der Waals surface area (Å²) in [7, 11) is 0. The SMILES string of the molecule is CC(I)Cc1sc(-c2nccs2)nc1CO. The molecule has 6 heteroatoms. The molecule has 0 saturated carbocycles. The van der Waals surface area contributed by atoms with E-state index in [1.807, 2.05) is 5.38 Å². The lowest BCUT2D eigenvalue weighted by molar-refractivity contribution is 0.276. The van der Waals surface area contributed by atoms with Crippen LogP contribution in [-0.4, -0.2) is 19.0 Å². The van der Waals surface area contributed by atoms with Gasteiger partial charge in [0.25, 0.3) is 0 Å². The molecule has 0 aliphatic rings. The quantitative estimate of drug-likeness (QED) is 0.668. The molecule has 3 nitrogen and oxygen atoms in total. The molecule has 0 bridgehead atoms. The van der Waals surface area contributed by atoms with E-state index in [4.69, 9.17) is 0 Å². The van der Waals surface area contributed by atoms with Crippen LogP contribution in [-0.2, 0) is 13.0 Å². The van der Waals surface area contributed by atoms with Crippen LogP contribution in [0.1, 0.15) is 17.5 Å². The summed E-state index contributed by atoms with van der Waals surface area (Å²) in [4.78, 5) is 9.85. The normalized spacial score (nSPS) is 12.9. The van der Waals surface area contributed by atoms with Crippen LogP contribution in [0, 0.1) is 0 Å². The minimum absolute atomic E-state index is 0.0145. The first-order chi connectivity index (χ1) is 7.70. The molecule has 16 heavy (non-hydrogen) atoms. The molecule has 1 unspecified atom stereocenters. The number of alkyl halides is 1. The van der Waals surface area contributed by atoms with Crippen molar-refractivity contribution in [3.63, 3.8) is 0 Å². The van der Waals surface area contributed by atoms with Gasteiger partial charge in [-0.05, 0) is 6.42 Å². The van der Waals surface area contributed by atoms with Crippen molar-refractivity contribution in [2.24, 2.45) is 0 Å². The summed E-state index contributed by atoms with van der Waals surface area (Å²) in [6.07, 6.45) is 2.74. The molecular formula is C10H11IN2OS2. The van der Waals surface area contributed by atoms with Gasteiger partial charge in [0.2, 0.25) is 0 Å². The standard InChI is InChI=1S/C10H11IN2OS2/c1-6(11)4-8-7(5-14)13-10(16-8)9-12-2-3-15-9/h2-3,6,14H,4-5H2,1H3. The monoisotopic (exact) mass is 366 g/mol. The molecule has 0 amide bonds. The van der Waals surface area contributed by atoms with E-state index in [0.717, 1.165) is 22.1 Å². The molecule has 0 spiro atoms. The fourth-order valence-electron chi connectivity index (χ4n) is 1.34. The van der Waals surface area contributed by atoms with Crippen LogP contribution in [0.2, 0.25) is 0 Å². The van der Waals surface area contributed by atoms with E-state index in [1.165, 1.54) is 4.88 Å². The number of aromatic nitrogens is 2. The van der Waals surface area contributed by atoms with Crippen LogP contribution in [0.4, 0.5) is 0 Å². The Bertz CT molecular complexity index is 453. The molecular weight excluding hydrogens is 355 g/mol. The van der Waals surface area contributed by atoms with Crippen LogP contribution in [0.15, 0.2) is 11.6 Å². The topological polar surface area (TPSA) is 46.0 Å². The molecule has 0 aliphatic heterocycles. The summed E-state index contributed by atoms with van der Waals surface area (Å²) in [6.45, 7) is 2.17. The summed E-state index contributed by atoms with van der Waals surface area (Å²) in [5, 5.41) is 13.1. The molecule has 2 rings (SSSR count). The highest BCUT2D eigenvalue weighted by Gasteiger charge is 2.14. The first kappa shape index (κ1) is 12.4. The van der Waals surface area contributed by atoms with Crippen molar-refractivity contribution in [1.82, 2.24) is 9.97 Å². The first-order valence-electron chi connectivity index (χ1n) is 4.84. The number of aliphatic hydroxyl groups excluding tert-OH is 1. The van der Waals surface area contributed by atoms with Crippen LogP contribution in [0.5, 0.6) is 0 Å². The third-order valence-corrected chi connectivity index (χ3v) is 4.49. The molecule has 2 aromatic rings. The first-order valence-corrected chi connectivity index (χ1v) is 7.78. The summed E-state index contributed by atoms with van der Waals surface area (Å²) in [5.74, 6) is 0. The molecule has 0 fully saturated rings. The van der Waals surface area contributed by atoms with E-state index in [9.17, 15) is 5.11 Å². The van der Waals surface area contributed by atoms with Crippen molar-refractivity contribution in [2.75, 3.05) is 0 Å². The van der Waals surface area contributed by atoms with Crippen LogP contribution >= 0.6 is 45.3 Å². The largest absolute Gasteiger partial charge is 0.390 e. The minimum atomic E-state index is 0.0145. The van der Waals surface area contributed by atoms with Crippen molar-refractivity contribution in [2.45, 2.75) is 23.9 Å². The van der Waals surface area contributed by atoms with E-state index in [2.05, 4.69) is 39.5 Å². The molecule has 0 saturated heterocycles. The van der Waals surface area contributed by atoms with Gasteiger partial charge in [-0.3, -0.25) is 0 Å². The summed E-state index contributed by atoms with van der Waals surface area (Å²) >= 11 is 5.61. The molecule has 2 aromatic heterocycles. The lowest BCUT2D eigenvalue weighted by Gasteiger charge is -2.00. The Hall–Kier alpha value is -0.0500. The molecule has 1 N–H and O–H groups in total. The van der Waals surface area contributed by atoms with Gasteiger partial charge in [0, 0.05) is 20.4 Å². The van der Waals surface area contributed by atoms with E-state index in [0.29, 0.717) is 3.92 Å².